The summed E-state index contributed by atoms with van der Waals surface area (Å²) in [5, 5.41) is 12.1. The van der Waals surface area contributed by atoms with E-state index in [0.717, 1.165) is 27.5 Å². The summed E-state index contributed by atoms with van der Waals surface area (Å²) < 4.78 is 0. The first-order valence-corrected chi connectivity index (χ1v) is 12.7. The van der Waals surface area contributed by atoms with E-state index in [1.807, 2.05) is 49.3 Å². The maximum absolute atomic E-state index is 12.5. The molecule has 7 N–H and O–H groups in total. The summed E-state index contributed by atoms with van der Waals surface area (Å²) in [6.07, 6.45) is 2.93. The van der Waals surface area contributed by atoms with Gasteiger partial charge in [0, 0.05) is 42.0 Å². The smallest absolute Gasteiger partial charge is 0.220 e. The standard InChI is InChI=1S/C25H29N3OS.C2H5NO.CH5N.CH2O/c1-4-20-11-12-23(27)24(16-20)30-19(3)10-13-25(29)28-22(14-18(2)17-26)15-21-8-6-5-7-9-21;1-2(3)4;2*1-2/h5-9,11-12,16,22H,2-4,10,13-15,27H2,1H3,(H,28,29);1H3,(H2,3,4);2H2,1H3;1H2. The van der Waals surface area contributed by atoms with Crippen molar-refractivity contribution in [1.82, 2.24) is 5.32 Å². The molecule has 2 aromatic carbocycles. The number of amides is 2. The lowest BCUT2D eigenvalue weighted by molar-refractivity contribution is -0.121. The summed E-state index contributed by atoms with van der Waals surface area (Å²) in [4.78, 5) is 31.6. The zero-order chi connectivity index (χ0) is 29.5. The number of benzene rings is 2. The van der Waals surface area contributed by atoms with Crippen LogP contribution in [-0.2, 0) is 27.2 Å². The number of nitrogens with two attached hydrogens (primary N) is 3. The fourth-order valence-electron chi connectivity index (χ4n) is 3.06. The van der Waals surface area contributed by atoms with Crippen molar-refractivity contribution >= 4 is 36.1 Å². The molecule has 1 unspecified atom stereocenters. The van der Waals surface area contributed by atoms with Gasteiger partial charge in [-0.05, 0) is 54.5 Å². The molecular formula is C29H41N5O3S. The van der Waals surface area contributed by atoms with Crippen LogP contribution in [0.2, 0.25) is 0 Å². The van der Waals surface area contributed by atoms with E-state index in [4.69, 9.17) is 15.8 Å². The largest absolute Gasteiger partial charge is 0.398 e. The topological polar surface area (TPSA) is 165 Å². The maximum Gasteiger partial charge on any atom is 0.220 e. The van der Waals surface area contributed by atoms with Gasteiger partial charge < -0.3 is 27.3 Å². The third-order valence-corrected chi connectivity index (χ3v) is 5.78. The van der Waals surface area contributed by atoms with Crippen LogP contribution in [-0.4, -0.2) is 31.7 Å². The van der Waals surface area contributed by atoms with Crippen LogP contribution in [0, 0.1) is 11.3 Å². The Morgan fingerprint density at radius 1 is 1.05 bits per heavy atom. The zero-order valence-corrected chi connectivity index (χ0v) is 23.5. The molecule has 2 amide bonds. The quantitative estimate of drug-likeness (QED) is 0.188. The number of aryl methyl sites for hydroxylation is 1. The molecule has 0 saturated carbocycles. The Morgan fingerprint density at radius 3 is 2.16 bits per heavy atom. The number of primary amides is 1. The van der Waals surface area contributed by atoms with Crippen molar-refractivity contribution < 1.29 is 14.4 Å². The minimum Gasteiger partial charge on any atom is -0.398 e. The molecule has 0 aliphatic rings. The summed E-state index contributed by atoms with van der Waals surface area (Å²) in [5.41, 5.74) is 18.6. The number of allylic oxidation sites excluding steroid dienone is 1. The zero-order valence-electron chi connectivity index (χ0n) is 22.7. The molecule has 9 heteroatoms. The highest BCUT2D eigenvalue weighted by Gasteiger charge is 2.15. The van der Waals surface area contributed by atoms with Crippen LogP contribution >= 0.6 is 11.8 Å². The van der Waals surface area contributed by atoms with Crippen LogP contribution in [0.5, 0.6) is 0 Å². The number of thioether (sulfide) groups is 1. The molecule has 0 spiro atoms. The van der Waals surface area contributed by atoms with E-state index in [-0.39, 0.29) is 17.9 Å². The molecule has 0 aromatic heterocycles. The average Bonchev–Trinajstić information content (AvgIpc) is 2.91. The van der Waals surface area contributed by atoms with Crippen molar-refractivity contribution in [2.75, 3.05) is 12.8 Å². The summed E-state index contributed by atoms with van der Waals surface area (Å²) in [5.74, 6) is -0.390. The van der Waals surface area contributed by atoms with Gasteiger partial charge >= 0.3 is 0 Å². The molecule has 0 radical (unpaired) electrons. The first-order chi connectivity index (χ1) is 18.1. The van der Waals surface area contributed by atoms with E-state index in [1.54, 1.807) is 0 Å². The molecule has 2 aromatic rings. The second kappa shape index (κ2) is 22.3. The van der Waals surface area contributed by atoms with Crippen LogP contribution in [0.15, 0.2) is 77.1 Å². The van der Waals surface area contributed by atoms with E-state index in [0.29, 0.717) is 31.3 Å². The fraction of sp³-hybridized carbons (Fsp3) is 0.310. The summed E-state index contributed by atoms with van der Waals surface area (Å²) in [6, 6.07) is 17.8. The fourth-order valence-corrected chi connectivity index (χ4v) is 3.97. The number of hydrogen-bond donors (Lipinski definition) is 4. The molecule has 0 fully saturated rings. The molecule has 0 aliphatic carbocycles. The summed E-state index contributed by atoms with van der Waals surface area (Å²) in [7, 11) is 1.50. The number of anilines is 1. The number of rotatable bonds is 11. The Balaban J connectivity index is 0. The van der Waals surface area contributed by atoms with E-state index in [2.05, 4.69) is 49.0 Å². The Morgan fingerprint density at radius 2 is 1.63 bits per heavy atom. The monoisotopic (exact) mass is 539 g/mol. The van der Waals surface area contributed by atoms with Gasteiger partial charge in [-0.3, -0.25) is 9.59 Å². The molecule has 0 saturated heterocycles. The van der Waals surface area contributed by atoms with Crippen molar-refractivity contribution in [3.8, 4) is 6.07 Å². The highest BCUT2D eigenvalue weighted by atomic mass is 32.2. The maximum atomic E-state index is 12.5. The van der Waals surface area contributed by atoms with Crippen LogP contribution in [0.3, 0.4) is 0 Å². The van der Waals surface area contributed by atoms with Gasteiger partial charge in [-0.2, -0.15) is 5.26 Å². The van der Waals surface area contributed by atoms with Crippen molar-refractivity contribution in [2.45, 2.75) is 56.9 Å². The number of nitriles is 1. The summed E-state index contributed by atoms with van der Waals surface area (Å²) >= 11 is 1.52. The van der Waals surface area contributed by atoms with Crippen LogP contribution in [0.1, 0.15) is 44.2 Å². The molecule has 2 rings (SSSR count). The van der Waals surface area contributed by atoms with Crippen LogP contribution in [0.4, 0.5) is 5.69 Å². The normalized spacial score (nSPS) is 9.87. The Kier molecular flexibility index (Phi) is 21.3. The predicted octanol–water partition coefficient (Wildman–Crippen LogP) is 4.30. The van der Waals surface area contributed by atoms with Crippen molar-refractivity contribution in [1.29, 1.82) is 5.26 Å². The third kappa shape index (κ3) is 17.5. The Hall–Kier alpha value is -3.87. The molecule has 38 heavy (non-hydrogen) atoms. The average molecular weight is 540 g/mol. The van der Waals surface area contributed by atoms with Gasteiger partial charge in [0.05, 0.1) is 6.07 Å². The second-order valence-corrected chi connectivity index (χ2v) is 9.07. The van der Waals surface area contributed by atoms with Crippen LogP contribution < -0.4 is 22.5 Å². The van der Waals surface area contributed by atoms with E-state index in [1.165, 1.54) is 31.3 Å². The lowest BCUT2D eigenvalue weighted by Gasteiger charge is -2.19. The van der Waals surface area contributed by atoms with E-state index in [9.17, 15) is 9.59 Å². The number of carbonyl (C=O) groups is 3. The Labute approximate surface area is 231 Å². The SMILES string of the molecule is C=C(C#N)CC(Cc1ccccc1)NC(=O)CCC(=C)Sc1cc(CC)ccc1N.C=O.CC(N)=O.CN. The number of carbonyl (C=O) groups excluding carboxylic acids is 3. The molecule has 0 aliphatic heterocycles. The van der Waals surface area contributed by atoms with Crippen LogP contribution in [0.25, 0.3) is 0 Å². The number of nitrogens with zero attached hydrogens (tertiary/aromatic N) is 1. The van der Waals surface area contributed by atoms with Crippen molar-refractivity contribution in [3.63, 3.8) is 0 Å². The summed E-state index contributed by atoms with van der Waals surface area (Å²) in [6.45, 7) is 13.3. The van der Waals surface area contributed by atoms with Gasteiger partial charge in [0.25, 0.3) is 0 Å². The van der Waals surface area contributed by atoms with Gasteiger partial charge in [0.1, 0.15) is 6.79 Å². The molecule has 206 valence electrons. The molecule has 0 bridgehead atoms. The second-order valence-electron chi connectivity index (χ2n) is 7.85. The molecule has 0 heterocycles. The van der Waals surface area contributed by atoms with Gasteiger partial charge in [0.15, 0.2) is 0 Å². The minimum absolute atomic E-state index is 0.0568. The molecule has 8 nitrogen and oxygen atoms in total. The van der Waals surface area contributed by atoms with Gasteiger partial charge in [-0.25, -0.2) is 0 Å². The number of hydrogen-bond acceptors (Lipinski definition) is 7. The Bertz CT molecular complexity index is 1050. The van der Waals surface area contributed by atoms with E-state index < -0.39 is 0 Å². The molecular weight excluding hydrogens is 498 g/mol. The first-order valence-electron chi connectivity index (χ1n) is 11.9. The highest BCUT2D eigenvalue weighted by Crippen LogP contribution is 2.33. The van der Waals surface area contributed by atoms with Gasteiger partial charge in [-0.15, -0.1) is 0 Å². The lowest BCUT2D eigenvalue weighted by atomic mass is 10.00. The van der Waals surface area contributed by atoms with Crippen molar-refractivity contribution in [2.24, 2.45) is 11.5 Å². The van der Waals surface area contributed by atoms with Gasteiger partial charge in [-0.1, -0.05) is 68.2 Å². The minimum atomic E-state index is -0.333. The number of nitrogens with one attached hydrogen (secondary N) is 1. The highest BCUT2D eigenvalue weighted by molar-refractivity contribution is 8.03. The first kappa shape index (κ1) is 36.3. The lowest BCUT2D eigenvalue weighted by Crippen LogP contribution is -2.36. The van der Waals surface area contributed by atoms with Gasteiger partial charge in [0.2, 0.25) is 11.8 Å². The van der Waals surface area contributed by atoms with Crippen molar-refractivity contribution in [3.05, 3.63) is 83.3 Å². The molecule has 1 atom stereocenters. The third-order valence-electron chi connectivity index (χ3n) is 4.71. The number of nitrogen functional groups attached to an aromatic ring is 1. The predicted molar refractivity (Wildman–Crippen MR) is 158 cm³/mol. The van der Waals surface area contributed by atoms with E-state index >= 15 is 0 Å².